The fraction of sp³-hybridized carbons (Fsp3) is 0.176. The van der Waals surface area contributed by atoms with Gasteiger partial charge in [-0.1, -0.05) is 17.7 Å². The van der Waals surface area contributed by atoms with Crippen molar-refractivity contribution in [3.05, 3.63) is 64.7 Å². The van der Waals surface area contributed by atoms with Crippen molar-refractivity contribution in [3.8, 4) is 6.07 Å². The number of carbonyl (C=O) groups excluding carboxylic acids is 1. The second kappa shape index (κ2) is 6.43. The Labute approximate surface area is 129 Å². The number of hydrogen-bond acceptors (Lipinski definition) is 3. The molecule has 1 unspecified atom stereocenters. The molecule has 0 aliphatic heterocycles. The first-order valence-corrected chi connectivity index (χ1v) is 6.93. The lowest BCUT2D eigenvalue weighted by Gasteiger charge is -2.26. The molecule has 0 N–H and O–H groups in total. The first-order valence-electron chi connectivity index (χ1n) is 6.55. The van der Waals surface area contributed by atoms with Crippen molar-refractivity contribution in [1.29, 1.82) is 5.26 Å². The smallest absolute Gasteiger partial charge is 0.184 e. The van der Waals surface area contributed by atoms with Gasteiger partial charge in [0.1, 0.15) is 0 Å². The normalized spacial score (nSPS) is 11.5. The molecule has 0 heterocycles. The predicted octanol–water partition coefficient (Wildman–Crippen LogP) is 3.92. The molecule has 0 aliphatic carbocycles. The third-order valence-electron chi connectivity index (χ3n) is 3.47. The number of nitriles is 1. The number of carbonyl (C=O) groups is 1. The van der Waals surface area contributed by atoms with Gasteiger partial charge in [0.15, 0.2) is 5.78 Å². The lowest BCUT2D eigenvalue weighted by Crippen LogP contribution is -2.36. The van der Waals surface area contributed by atoms with Crippen molar-refractivity contribution in [1.82, 2.24) is 0 Å². The van der Waals surface area contributed by atoms with Crippen LogP contribution in [0.5, 0.6) is 0 Å². The molecule has 2 aromatic carbocycles. The molecular formula is C17H15ClN2O. The van der Waals surface area contributed by atoms with Crippen molar-refractivity contribution in [2.45, 2.75) is 13.0 Å². The quantitative estimate of drug-likeness (QED) is 0.804. The Hall–Kier alpha value is -2.31. The molecule has 4 heteroatoms. The summed E-state index contributed by atoms with van der Waals surface area (Å²) in [5.41, 5.74) is 2.03. The van der Waals surface area contributed by atoms with E-state index in [0.29, 0.717) is 16.1 Å². The number of likely N-dealkylation sites (N-methyl/N-ethyl adjacent to an activating group) is 1. The summed E-state index contributed by atoms with van der Waals surface area (Å²) >= 11 is 5.84. The van der Waals surface area contributed by atoms with Crippen LogP contribution in [0.15, 0.2) is 48.5 Å². The van der Waals surface area contributed by atoms with E-state index >= 15 is 0 Å². The van der Waals surface area contributed by atoms with E-state index in [1.54, 1.807) is 36.4 Å². The van der Waals surface area contributed by atoms with Gasteiger partial charge >= 0.3 is 0 Å². The molecule has 2 aromatic rings. The van der Waals surface area contributed by atoms with Crippen molar-refractivity contribution >= 4 is 23.1 Å². The largest absolute Gasteiger partial charge is 0.364 e. The van der Waals surface area contributed by atoms with Crippen LogP contribution in [0, 0.1) is 11.3 Å². The van der Waals surface area contributed by atoms with Gasteiger partial charge in [0, 0.05) is 23.3 Å². The summed E-state index contributed by atoms with van der Waals surface area (Å²) in [6, 6.07) is 15.8. The number of halogens is 1. The van der Waals surface area contributed by atoms with Gasteiger partial charge in [-0.05, 0) is 49.4 Å². The lowest BCUT2D eigenvalue weighted by molar-refractivity contribution is 0.0966. The predicted molar refractivity (Wildman–Crippen MR) is 84.8 cm³/mol. The molecule has 0 fully saturated rings. The second-order valence-corrected chi connectivity index (χ2v) is 5.26. The monoisotopic (exact) mass is 298 g/mol. The van der Waals surface area contributed by atoms with E-state index in [0.717, 1.165) is 5.69 Å². The zero-order chi connectivity index (χ0) is 15.4. The van der Waals surface area contributed by atoms with E-state index in [1.807, 2.05) is 31.0 Å². The summed E-state index contributed by atoms with van der Waals surface area (Å²) in [6.07, 6.45) is 0. The van der Waals surface area contributed by atoms with Gasteiger partial charge in [0.25, 0.3) is 0 Å². The van der Waals surface area contributed by atoms with E-state index < -0.39 is 0 Å². The van der Waals surface area contributed by atoms with Gasteiger partial charge < -0.3 is 4.90 Å². The first kappa shape index (κ1) is 15.1. The van der Waals surface area contributed by atoms with E-state index in [4.69, 9.17) is 16.9 Å². The second-order valence-electron chi connectivity index (χ2n) is 4.82. The van der Waals surface area contributed by atoms with Crippen LogP contribution in [0.25, 0.3) is 0 Å². The van der Waals surface area contributed by atoms with Gasteiger partial charge in [-0.25, -0.2) is 0 Å². The van der Waals surface area contributed by atoms with Crippen LogP contribution >= 0.6 is 11.6 Å². The number of ketones is 1. The summed E-state index contributed by atoms with van der Waals surface area (Å²) in [7, 11) is 1.84. The van der Waals surface area contributed by atoms with Crippen LogP contribution < -0.4 is 4.90 Å². The molecule has 3 nitrogen and oxygen atoms in total. The van der Waals surface area contributed by atoms with Crippen molar-refractivity contribution in [3.63, 3.8) is 0 Å². The summed E-state index contributed by atoms with van der Waals surface area (Å²) in [5.74, 6) is 0.0107. The average Bonchev–Trinajstić information content (AvgIpc) is 2.53. The third-order valence-corrected chi connectivity index (χ3v) is 3.72. The van der Waals surface area contributed by atoms with Gasteiger partial charge in [-0.15, -0.1) is 0 Å². The Bertz CT molecular complexity index is 689. The number of Topliss-reactive ketones (excluding diaryl/α,β-unsaturated/α-hetero) is 1. The Morgan fingerprint density at radius 3 is 2.52 bits per heavy atom. The fourth-order valence-corrected chi connectivity index (χ4v) is 2.18. The Balaban J connectivity index is 2.22. The zero-order valence-electron chi connectivity index (χ0n) is 11.9. The highest BCUT2D eigenvalue weighted by Crippen LogP contribution is 2.19. The maximum absolute atomic E-state index is 12.5. The summed E-state index contributed by atoms with van der Waals surface area (Å²) in [6.45, 7) is 1.84. The Morgan fingerprint density at radius 1 is 1.24 bits per heavy atom. The van der Waals surface area contributed by atoms with E-state index in [2.05, 4.69) is 6.07 Å². The summed E-state index contributed by atoms with van der Waals surface area (Å²) in [5, 5.41) is 9.55. The molecule has 1 atom stereocenters. The molecule has 0 aliphatic rings. The Kier molecular flexibility index (Phi) is 4.62. The molecule has 106 valence electrons. The first-order chi connectivity index (χ1) is 10.0. The fourth-order valence-electron chi connectivity index (χ4n) is 2.05. The van der Waals surface area contributed by atoms with E-state index in [9.17, 15) is 4.79 Å². The number of rotatable bonds is 4. The maximum Gasteiger partial charge on any atom is 0.184 e. The van der Waals surface area contributed by atoms with E-state index in [1.165, 1.54) is 0 Å². The molecular weight excluding hydrogens is 284 g/mol. The van der Waals surface area contributed by atoms with Gasteiger partial charge in [0.05, 0.1) is 17.7 Å². The summed E-state index contributed by atoms with van der Waals surface area (Å²) < 4.78 is 0. The highest BCUT2D eigenvalue weighted by Gasteiger charge is 2.20. The molecule has 2 rings (SSSR count). The van der Waals surface area contributed by atoms with Crippen molar-refractivity contribution < 1.29 is 4.79 Å². The standard InChI is InChI=1S/C17H15ClN2O/c1-12(17(21)14-6-8-15(18)9-7-14)20(2)16-5-3-4-13(10-16)11-19/h3-10,12H,1-2H3. The van der Waals surface area contributed by atoms with Crippen LogP contribution in [0.1, 0.15) is 22.8 Å². The average molecular weight is 299 g/mol. The maximum atomic E-state index is 12.5. The van der Waals surface area contributed by atoms with Crippen LogP contribution in [-0.4, -0.2) is 18.9 Å². The highest BCUT2D eigenvalue weighted by molar-refractivity contribution is 6.30. The molecule has 0 radical (unpaired) electrons. The minimum Gasteiger partial charge on any atom is -0.364 e. The highest BCUT2D eigenvalue weighted by atomic mass is 35.5. The number of nitrogens with zero attached hydrogens (tertiary/aromatic N) is 2. The minimum atomic E-state index is -0.333. The zero-order valence-corrected chi connectivity index (χ0v) is 12.6. The van der Waals surface area contributed by atoms with Crippen LogP contribution in [0.3, 0.4) is 0 Å². The van der Waals surface area contributed by atoms with Crippen molar-refractivity contribution in [2.24, 2.45) is 0 Å². The third kappa shape index (κ3) is 3.42. The topological polar surface area (TPSA) is 44.1 Å². The molecule has 0 saturated heterocycles. The molecule has 0 aromatic heterocycles. The number of hydrogen-bond donors (Lipinski definition) is 0. The SMILES string of the molecule is CC(C(=O)c1ccc(Cl)cc1)N(C)c1cccc(C#N)c1. The van der Waals surface area contributed by atoms with Crippen molar-refractivity contribution in [2.75, 3.05) is 11.9 Å². The number of anilines is 1. The van der Waals surface area contributed by atoms with Gasteiger partial charge in [-0.2, -0.15) is 5.26 Å². The molecule has 0 amide bonds. The van der Waals surface area contributed by atoms with Crippen LogP contribution in [0.4, 0.5) is 5.69 Å². The molecule has 0 bridgehead atoms. The molecule has 0 spiro atoms. The van der Waals surface area contributed by atoms with Crippen LogP contribution in [0.2, 0.25) is 5.02 Å². The van der Waals surface area contributed by atoms with E-state index in [-0.39, 0.29) is 11.8 Å². The lowest BCUT2D eigenvalue weighted by atomic mass is 10.0. The van der Waals surface area contributed by atoms with Gasteiger partial charge in [-0.3, -0.25) is 4.79 Å². The van der Waals surface area contributed by atoms with Gasteiger partial charge in [0.2, 0.25) is 0 Å². The van der Waals surface area contributed by atoms with Crippen LogP contribution in [-0.2, 0) is 0 Å². The number of benzene rings is 2. The summed E-state index contributed by atoms with van der Waals surface area (Å²) in [4.78, 5) is 14.3. The molecule has 21 heavy (non-hydrogen) atoms. The minimum absolute atomic E-state index is 0.0107. The molecule has 0 saturated carbocycles. The Morgan fingerprint density at radius 2 is 1.90 bits per heavy atom.